The Morgan fingerprint density at radius 1 is 0.549 bits per heavy atom. The van der Waals surface area contributed by atoms with Gasteiger partial charge in [0, 0.05) is 47.6 Å². The number of hydrogen-bond acceptors (Lipinski definition) is 6. The molecular formula is C42H37F3N2O4. The molecule has 51 heavy (non-hydrogen) atoms. The first-order chi connectivity index (χ1) is 24.7. The number of ether oxygens (including phenoxy) is 2. The van der Waals surface area contributed by atoms with Crippen molar-refractivity contribution in [1.29, 1.82) is 0 Å². The van der Waals surface area contributed by atoms with Crippen molar-refractivity contribution in [2.24, 2.45) is 5.73 Å². The number of methoxy groups -OCH3 is 2. The number of nitrogens with one attached hydrogen (secondary N) is 1. The number of halogens is 3. The van der Waals surface area contributed by atoms with Gasteiger partial charge in [0.15, 0.2) is 34.7 Å². The summed E-state index contributed by atoms with van der Waals surface area (Å²) in [6.45, 7) is 1.16. The molecule has 0 aromatic heterocycles. The van der Waals surface area contributed by atoms with Crippen LogP contribution in [0, 0.1) is 17.5 Å². The Kier molecular flexibility index (Phi) is 14.1. The Balaban J connectivity index is 0.000000194. The Labute approximate surface area is 295 Å². The molecule has 0 amide bonds. The van der Waals surface area contributed by atoms with Crippen LogP contribution in [0.2, 0.25) is 0 Å². The highest BCUT2D eigenvalue weighted by Gasteiger charge is 2.19. The van der Waals surface area contributed by atoms with Gasteiger partial charge < -0.3 is 20.5 Å². The van der Waals surface area contributed by atoms with Crippen LogP contribution in [0.25, 0.3) is 0 Å². The van der Waals surface area contributed by atoms with E-state index in [1.165, 1.54) is 31.9 Å². The van der Waals surface area contributed by atoms with E-state index in [1.54, 1.807) is 54.6 Å². The quantitative estimate of drug-likeness (QED) is 0.140. The molecule has 9 heteroatoms. The van der Waals surface area contributed by atoms with Crippen LogP contribution in [0.1, 0.15) is 43.0 Å². The van der Waals surface area contributed by atoms with E-state index in [4.69, 9.17) is 10.5 Å². The van der Waals surface area contributed by atoms with E-state index < -0.39 is 23.2 Å². The highest BCUT2D eigenvalue weighted by molar-refractivity contribution is 6.12. The third kappa shape index (κ3) is 10.6. The summed E-state index contributed by atoms with van der Waals surface area (Å²) in [5, 5.41) is 3.21. The molecule has 0 bridgehead atoms. The van der Waals surface area contributed by atoms with Crippen LogP contribution in [-0.4, -0.2) is 25.8 Å². The van der Waals surface area contributed by atoms with Crippen molar-refractivity contribution in [2.45, 2.75) is 13.1 Å². The third-order valence-corrected chi connectivity index (χ3v) is 7.50. The van der Waals surface area contributed by atoms with Gasteiger partial charge in [-0.25, -0.2) is 13.2 Å². The van der Waals surface area contributed by atoms with Crippen LogP contribution in [-0.2, 0) is 13.1 Å². The zero-order valence-corrected chi connectivity index (χ0v) is 28.1. The predicted molar refractivity (Wildman–Crippen MR) is 194 cm³/mol. The van der Waals surface area contributed by atoms with E-state index >= 15 is 0 Å². The SMILES string of the molecule is COc1cc(F)c(C(=O)c2ccccc2)cc1F.COc1cc(NCc2ccccc2)c(C(=O)c2ccccc2)cc1F.NCc1ccccc1. The van der Waals surface area contributed by atoms with Gasteiger partial charge in [0.25, 0.3) is 0 Å². The minimum Gasteiger partial charge on any atom is -0.494 e. The van der Waals surface area contributed by atoms with Gasteiger partial charge in [-0.3, -0.25) is 9.59 Å². The Bertz CT molecular complexity index is 2010. The average molecular weight is 691 g/mol. The van der Waals surface area contributed by atoms with Crippen molar-refractivity contribution in [3.8, 4) is 11.5 Å². The number of carbonyl (C=O) groups excluding carboxylic acids is 2. The molecule has 6 aromatic carbocycles. The van der Waals surface area contributed by atoms with Crippen molar-refractivity contribution in [3.05, 3.63) is 196 Å². The number of rotatable bonds is 10. The molecule has 0 aliphatic carbocycles. The molecule has 0 aliphatic rings. The maximum Gasteiger partial charge on any atom is 0.196 e. The van der Waals surface area contributed by atoms with Crippen molar-refractivity contribution in [2.75, 3.05) is 19.5 Å². The lowest BCUT2D eigenvalue weighted by atomic mass is 10.0. The molecule has 0 saturated heterocycles. The van der Waals surface area contributed by atoms with E-state index in [1.807, 2.05) is 66.7 Å². The summed E-state index contributed by atoms with van der Waals surface area (Å²) in [6, 6.07) is 41.2. The van der Waals surface area contributed by atoms with Gasteiger partial charge in [-0.15, -0.1) is 0 Å². The summed E-state index contributed by atoms with van der Waals surface area (Å²) in [4.78, 5) is 24.8. The molecule has 0 spiro atoms. The topological polar surface area (TPSA) is 90.6 Å². The van der Waals surface area contributed by atoms with E-state index in [0.717, 1.165) is 17.7 Å². The van der Waals surface area contributed by atoms with Crippen LogP contribution in [0.3, 0.4) is 0 Å². The van der Waals surface area contributed by atoms with Crippen molar-refractivity contribution in [3.63, 3.8) is 0 Å². The molecule has 0 heterocycles. The van der Waals surface area contributed by atoms with E-state index in [-0.39, 0.29) is 28.4 Å². The lowest BCUT2D eigenvalue weighted by Gasteiger charge is -2.14. The summed E-state index contributed by atoms with van der Waals surface area (Å²) in [5.41, 5.74) is 8.92. The Morgan fingerprint density at radius 3 is 1.41 bits per heavy atom. The van der Waals surface area contributed by atoms with Crippen molar-refractivity contribution in [1.82, 2.24) is 0 Å². The van der Waals surface area contributed by atoms with Gasteiger partial charge in [0.1, 0.15) is 5.82 Å². The molecule has 0 aliphatic heterocycles. The normalized spacial score (nSPS) is 10.1. The lowest BCUT2D eigenvalue weighted by molar-refractivity contribution is 0.102. The van der Waals surface area contributed by atoms with Crippen molar-refractivity contribution >= 4 is 17.3 Å². The summed E-state index contributed by atoms with van der Waals surface area (Å²) in [6.07, 6.45) is 0. The molecule has 0 fully saturated rings. The zero-order chi connectivity index (χ0) is 36.6. The predicted octanol–water partition coefficient (Wildman–Crippen LogP) is 9.03. The fourth-order valence-corrected chi connectivity index (χ4v) is 4.80. The molecule has 0 radical (unpaired) electrons. The van der Waals surface area contributed by atoms with Crippen LogP contribution >= 0.6 is 0 Å². The third-order valence-electron chi connectivity index (χ3n) is 7.50. The minimum absolute atomic E-state index is 0.0974. The fraction of sp³-hybridized carbons (Fsp3) is 0.0952. The monoisotopic (exact) mass is 690 g/mol. The fourth-order valence-electron chi connectivity index (χ4n) is 4.80. The molecule has 260 valence electrons. The van der Waals surface area contributed by atoms with Gasteiger partial charge >= 0.3 is 0 Å². The van der Waals surface area contributed by atoms with Gasteiger partial charge in [-0.2, -0.15) is 0 Å². The molecule has 0 saturated carbocycles. The van der Waals surface area contributed by atoms with E-state index in [2.05, 4.69) is 10.1 Å². The second-order valence-electron chi connectivity index (χ2n) is 10.9. The molecule has 6 aromatic rings. The number of benzene rings is 6. The molecule has 0 atom stereocenters. The molecule has 3 N–H and O–H groups in total. The Morgan fingerprint density at radius 2 is 0.961 bits per heavy atom. The number of nitrogens with two attached hydrogens (primary N) is 1. The van der Waals surface area contributed by atoms with Crippen LogP contribution < -0.4 is 20.5 Å². The Hall–Kier alpha value is -6.19. The van der Waals surface area contributed by atoms with Gasteiger partial charge in [0.2, 0.25) is 0 Å². The first-order valence-electron chi connectivity index (χ1n) is 15.9. The second-order valence-corrected chi connectivity index (χ2v) is 10.9. The summed E-state index contributed by atoms with van der Waals surface area (Å²) in [5.74, 6) is -3.06. The van der Waals surface area contributed by atoms with Crippen LogP contribution in [0.4, 0.5) is 18.9 Å². The highest BCUT2D eigenvalue weighted by atomic mass is 19.1. The standard InChI is InChI=1S/C21H18FNO2.C14H10F2O2.C7H9N/c1-25-20-13-19(23-14-15-8-4-2-5-9-15)17(12-18(20)22)21(24)16-10-6-3-7-11-16;1-18-13-8-11(15)10(7-12(13)16)14(17)9-5-3-2-4-6-9;8-6-7-4-2-1-3-5-7/h2-13,23H,14H2,1H3;2-8H,1H3;1-5H,6,8H2. The van der Waals surface area contributed by atoms with E-state index in [0.29, 0.717) is 29.9 Å². The number of hydrogen-bond donors (Lipinski definition) is 2. The molecule has 6 rings (SSSR count). The van der Waals surface area contributed by atoms with Gasteiger partial charge in [0.05, 0.1) is 19.8 Å². The first-order valence-corrected chi connectivity index (χ1v) is 15.9. The van der Waals surface area contributed by atoms with Crippen LogP contribution in [0.5, 0.6) is 11.5 Å². The maximum absolute atomic E-state index is 14.2. The largest absolute Gasteiger partial charge is 0.494 e. The average Bonchev–Trinajstić information content (AvgIpc) is 3.19. The molecule has 6 nitrogen and oxygen atoms in total. The molecular weight excluding hydrogens is 653 g/mol. The zero-order valence-electron chi connectivity index (χ0n) is 28.1. The number of ketones is 2. The smallest absolute Gasteiger partial charge is 0.196 e. The highest BCUT2D eigenvalue weighted by Crippen LogP contribution is 2.29. The number of anilines is 1. The van der Waals surface area contributed by atoms with Gasteiger partial charge in [-0.1, -0.05) is 121 Å². The van der Waals surface area contributed by atoms with E-state index in [9.17, 15) is 22.8 Å². The summed E-state index contributed by atoms with van der Waals surface area (Å²) in [7, 11) is 2.63. The second kappa shape index (κ2) is 19.1. The summed E-state index contributed by atoms with van der Waals surface area (Å²) >= 11 is 0. The minimum atomic E-state index is -0.804. The van der Waals surface area contributed by atoms with Crippen molar-refractivity contribution < 1.29 is 32.2 Å². The number of carbonyl (C=O) groups is 2. The summed E-state index contributed by atoms with van der Waals surface area (Å²) < 4.78 is 51.0. The maximum atomic E-state index is 14.2. The van der Waals surface area contributed by atoms with Crippen LogP contribution in [0.15, 0.2) is 146 Å². The molecule has 0 unspecified atom stereocenters. The van der Waals surface area contributed by atoms with Gasteiger partial charge in [-0.05, 0) is 23.3 Å². The first kappa shape index (κ1) is 37.6. The lowest BCUT2D eigenvalue weighted by Crippen LogP contribution is -2.09.